The van der Waals surface area contributed by atoms with Crippen LogP contribution in [0.1, 0.15) is 12.2 Å². The van der Waals surface area contributed by atoms with Crippen molar-refractivity contribution in [3.05, 3.63) is 36.2 Å². The van der Waals surface area contributed by atoms with Crippen LogP contribution in [0, 0.1) is 0 Å². The van der Waals surface area contributed by atoms with Crippen molar-refractivity contribution in [2.45, 2.75) is 25.4 Å². The van der Waals surface area contributed by atoms with E-state index in [1.165, 1.54) is 0 Å². The third-order valence-electron chi connectivity index (χ3n) is 4.60. The predicted octanol–water partition coefficient (Wildman–Crippen LogP) is 1.30. The first-order valence-corrected chi connectivity index (χ1v) is 8.42. The van der Waals surface area contributed by atoms with Gasteiger partial charge in [-0.2, -0.15) is 0 Å². The summed E-state index contributed by atoms with van der Waals surface area (Å²) in [6, 6.07) is 10.2. The van der Waals surface area contributed by atoms with E-state index in [0.29, 0.717) is 32.8 Å². The maximum Gasteiger partial charge on any atom is 0.317 e. The fourth-order valence-electron chi connectivity index (χ4n) is 3.28. The van der Waals surface area contributed by atoms with Gasteiger partial charge in [0.2, 0.25) is 0 Å². The van der Waals surface area contributed by atoms with Crippen molar-refractivity contribution in [2.75, 3.05) is 26.3 Å². The Bertz CT molecular complexity index is 709. The molecule has 2 aliphatic heterocycles. The van der Waals surface area contributed by atoms with Crippen molar-refractivity contribution in [3.8, 4) is 11.4 Å². The fraction of sp³-hybridized carbons (Fsp3) is 0.471. The highest BCUT2D eigenvalue weighted by Gasteiger charge is 2.26. The number of nitrogens with one attached hydrogen (secondary N) is 1. The number of amides is 2. The van der Waals surface area contributed by atoms with Gasteiger partial charge in [0, 0.05) is 37.7 Å². The minimum Gasteiger partial charge on any atom is -0.378 e. The van der Waals surface area contributed by atoms with Gasteiger partial charge in [0.25, 0.3) is 0 Å². The summed E-state index contributed by atoms with van der Waals surface area (Å²) in [6.07, 6.45) is 1.72. The van der Waals surface area contributed by atoms with E-state index in [9.17, 15) is 4.79 Å². The van der Waals surface area contributed by atoms with Crippen molar-refractivity contribution in [1.29, 1.82) is 0 Å². The molecule has 7 heteroatoms. The van der Waals surface area contributed by atoms with Crippen molar-refractivity contribution < 1.29 is 9.53 Å². The lowest BCUT2D eigenvalue weighted by molar-refractivity contribution is 0.0521. The van der Waals surface area contributed by atoms with Crippen LogP contribution in [-0.4, -0.2) is 58.0 Å². The molecule has 1 fully saturated rings. The molecule has 2 aliphatic rings. The minimum absolute atomic E-state index is 0.00101. The molecule has 24 heavy (non-hydrogen) atoms. The second-order valence-electron chi connectivity index (χ2n) is 6.20. The second-order valence-corrected chi connectivity index (χ2v) is 6.20. The lowest BCUT2D eigenvalue weighted by Gasteiger charge is -2.31. The van der Waals surface area contributed by atoms with Crippen LogP contribution in [0.25, 0.3) is 11.4 Å². The van der Waals surface area contributed by atoms with Crippen LogP contribution in [0.3, 0.4) is 0 Å². The van der Waals surface area contributed by atoms with Crippen molar-refractivity contribution in [3.63, 3.8) is 0 Å². The number of hydrogen-bond acceptors (Lipinski definition) is 4. The number of rotatable bonds is 2. The number of ether oxygens (including phenoxy) is 1. The average Bonchev–Trinajstić information content (AvgIpc) is 3.06. The molecule has 3 heterocycles. The Labute approximate surface area is 140 Å². The maximum atomic E-state index is 12.4. The first-order chi connectivity index (χ1) is 11.8. The van der Waals surface area contributed by atoms with Gasteiger partial charge in [0.15, 0.2) is 5.82 Å². The van der Waals surface area contributed by atoms with Gasteiger partial charge in [-0.3, -0.25) is 0 Å². The molecular formula is C17H21N5O2. The highest BCUT2D eigenvalue weighted by Crippen LogP contribution is 2.23. The molecule has 126 valence electrons. The van der Waals surface area contributed by atoms with E-state index in [-0.39, 0.29) is 12.1 Å². The highest BCUT2D eigenvalue weighted by molar-refractivity contribution is 5.74. The summed E-state index contributed by atoms with van der Waals surface area (Å²) < 4.78 is 7.43. The van der Waals surface area contributed by atoms with E-state index in [2.05, 4.69) is 20.1 Å². The van der Waals surface area contributed by atoms with Crippen LogP contribution >= 0.6 is 0 Å². The molecular weight excluding hydrogens is 306 g/mol. The predicted molar refractivity (Wildman–Crippen MR) is 88.5 cm³/mol. The van der Waals surface area contributed by atoms with Gasteiger partial charge in [0.05, 0.1) is 13.2 Å². The van der Waals surface area contributed by atoms with Gasteiger partial charge in [-0.15, -0.1) is 10.2 Å². The van der Waals surface area contributed by atoms with Gasteiger partial charge in [-0.1, -0.05) is 30.3 Å². The van der Waals surface area contributed by atoms with Crippen molar-refractivity contribution in [1.82, 2.24) is 25.0 Å². The number of carbonyl (C=O) groups excluding carboxylic acids is 1. The van der Waals surface area contributed by atoms with Crippen LogP contribution in [0.4, 0.5) is 4.79 Å². The quantitative estimate of drug-likeness (QED) is 0.902. The SMILES string of the molecule is O=C(N[C@@H]1CCc2nnc(-c3ccccc3)n2C1)N1CCOCC1. The number of nitrogens with zero attached hydrogens (tertiary/aromatic N) is 4. The number of urea groups is 1. The number of fused-ring (bicyclic) bond motifs is 1. The lowest BCUT2D eigenvalue weighted by atomic mass is 10.1. The van der Waals surface area contributed by atoms with Gasteiger partial charge < -0.3 is 19.5 Å². The van der Waals surface area contributed by atoms with Crippen molar-refractivity contribution >= 4 is 6.03 Å². The average molecular weight is 327 g/mol. The van der Waals surface area contributed by atoms with Crippen LogP contribution in [-0.2, 0) is 17.7 Å². The molecule has 1 aromatic carbocycles. The first-order valence-electron chi connectivity index (χ1n) is 8.42. The molecule has 0 spiro atoms. The molecule has 2 amide bonds. The van der Waals surface area contributed by atoms with Crippen LogP contribution in [0.15, 0.2) is 30.3 Å². The molecule has 1 atom stereocenters. The van der Waals surface area contributed by atoms with Crippen LogP contribution in [0.2, 0.25) is 0 Å². The Morgan fingerprint density at radius 3 is 2.75 bits per heavy atom. The summed E-state index contributed by atoms with van der Waals surface area (Å²) in [5.74, 6) is 1.86. The van der Waals surface area contributed by atoms with Crippen LogP contribution < -0.4 is 5.32 Å². The Balaban J connectivity index is 1.47. The normalized spacial score (nSPS) is 20.5. The molecule has 0 unspecified atom stereocenters. The number of benzene rings is 1. The molecule has 2 aromatic rings. The van der Waals surface area contributed by atoms with Crippen molar-refractivity contribution in [2.24, 2.45) is 0 Å². The third-order valence-corrected chi connectivity index (χ3v) is 4.60. The maximum absolute atomic E-state index is 12.4. The topological polar surface area (TPSA) is 72.3 Å². The molecule has 0 radical (unpaired) electrons. The molecule has 0 bridgehead atoms. The van der Waals surface area contributed by atoms with E-state index >= 15 is 0 Å². The Morgan fingerprint density at radius 1 is 1.17 bits per heavy atom. The molecule has 1 aromatic heterocycles. The summed E-state index contributed by atoms with van der Waals surface area (Å²) in [4.78, 5) is 14.2. The molecule has 7 nitrogen and oxygen atoms in total. The summed E-state index contributed by atoms with van der Waals surface area (Å²) in [5, 5.41) is 11.8. The zero-order valence-corrected chi connectivity index (χ0v) is 13.5. The lowest BCUT2D eigenvalue weighted by Crippen LogP contribution is -2.51. The highest BCUT2D eigenvalue weighted by atomic mass is 16.5. The van der Waals surface area contributed by atoms with E-state index in [1.807, 2.05) is 35.2 Å². The van der Waals surface area contributed by atoms with Gasteiger partial charge in [0.1, 0.15) is 5.82 Å². The van der Waals surface area contributed by atoms with E-state index < -0.39 is 0 Å². The molecule has 4 rings (SSSR count). The molecule has 1 N–H and O–H groups in total. The van der Waals surface area contributed by atoms with Gasteiger partial charge in [-0.05, 0) is 6.42 Å². The number of morpholine rings is 1. The van der Waals surface area contributed by atoms with Crippen LogP contribution in [0.5, 0.6) is 0 Å². The summed E-state index contributed by atoms with van der Waals surface area (Å²) >= 11 is 0. The van der Waals surface area contributed by atoms with E-state index in [1.54, 1.807) is 0 Å². The standard InChI is InChI=1S/C17H21N5O2/c23-17(21-8-10-24-11-9-21)18-14-6-7-15-19-20-16(22(15)12-14)13-4-2-1-3-5-13/h1-5,14H,6-12H2,(H,18,23)/t14-/m1/s1. The smallest absolute Gasteiger partial charge is 0.317 e. The first kappa shape index (κ1) is 15.1. The minimum atomic E-state index is 0.00101. The number of aromatic nitrogens is 3. The fourth-order valence-corrected chi connectivity index (χ4v) is 3.28. The van der Waals surface area contributed by atoms with E-state index in [0.717, 1.165) is 30.1 Å². The van der Waals surface area contributed by atoms with Gasteiger partial charge >= 0.3 is 6.03 Å². The number of hydrogen-bond donors (Lipinski definition) is 1. The van der Waals surface area contributed by atoms with Gasteiger partial charge in [-0.25, -0.2) is 4.79 Å². The molecule has 0 aliphatic carbocycles. The zero-order valence-electron chi connectivity index (χ0n) is 13.5. The third kappa shape index (κ3) is 2.99. The monoisotopic (exact) mass is 327 g/mol. The second kappa shape index (κ2) is 6.60. The Hall–Kier alpha value is -2.41. The largest absolute Gasteiger partial charge is 0.378 e. The summed E-state index contributed by atoms with van der Waals surface area (Å²) in [6.45, 7) is 3.26. The number of carbonyl (C=O) groups is 1. The number of aryl methyl sites for hydroxylation is 1. The summed E-state index contributed by atoms with van der Waals surface area (Å²) in [5.41, 5.74) is 1.05. The molecule has 0 saturated carbocycles. The van der Waals surface area contributed by atoms with E-state index in [4.69, 9.17) is 4.74 Å². The Morgan fingerprint density at radius 2 is 1.96 bits per heavy atom. The zero-order chi connectivity index (χ0) is 16.4. The Kier molecular flexibility index (Phi) is 4.17. The summed E-state index contributed by atoms with van der Waals surface area (Å²) in [7, 11) is 0. The molecule has 1 saturated heterocycles.